The molecule has 1 saturated carbocycles. The molecule has 0 atom stereocenters. The molecule has 1 N–H and O–H groups in total. The van der Waals surface area contributed by atoms with Gasteiger partial charge in [0, 0.05) is 6.08 Å². The van der Waals surface area contributed by atoms with Gasteiger partial charge < -0.3 is 9.84 Å². The summed E-state index contributed by atoms with van der Waals surface area (Å²) in [5.41, 5.74) is 2.03. The summed E-state index contributed by atoms with van der Waals surface area (Å²) in [6.07, 6.45) is 10.8. The van der Waals surface area contributed by atoms with Crippen molar-refractivity contribution in [3.63, 3.8) is 0 Å². The molecule has 3 heteroatoms. The van der Waals surface area contributed by atoms with Crippen molar-refractivity contribution < 1.29 is 14.6 Å². The molecule has 1 fully saturated rings. The minimum atomic E-state index is -0.925. The molecule has 0 radical (unpaired) electrons. The van der Waals surface area contributed by atoms with E-state index in [0.717, 1.165) is 17.2 Å². The van der Waals surface area contributed by atoms with E-state index in [9.17, 15) is 4.79 Å². The molecule has 108 valence electrons. The Balaban J connectivity index is 1.82. The van der Waals surface area contributed by atoms with Crippen LogP contribution >= 0.6 is 0 Å². The van der Waals surface area contributed by atoms with Crippen LogP contribution in [0.15, 0.2) is 30.3 Å². The molecule has 1 aliphatic carbocycles. The van der Waals surface area contributed by atoms with Crippen molar-refractivity contribution in [2.24, 2.45) is 0 Å². The lowest BCUT2D eigenvalue weighted by Gasteiger charge is -2.15. The van der Waals surface area contributed by atoms with Crippen LogP contribution in [-0.4, -0.2) is 17.2 Å². The van der Waals surface area contributed by atoms with Gasteiger partial charge in [-0.3, -0.25) is 0 Å². The smallest absolute Gasteiger partial charge is 0.328 e. The zero-order valence-electron chi connectivity index (χ0n) is 11.8. The molecule has 0 amide bonds. The molecule has 0 spiro atoms. The molecule has 2 rings (SSSR count). The fraction of sp³-hybridized carbons (Fsp3) is 0.471. The van der Waals surface area contributed by atoms with Gasteiger partial charge in [0.1, 0.15) is 0 Å². The van der Waals surface area contributed by atoms with Crippen molar-refractivity contribution >= 4 is 12.0 Å². The fourth-order valence-corrected chi connectivity index (χ4v) is 2.52. The minimum Gasteiger partial charge on any atom is -0.478 e. The zero-order chi connectivity index (χ0) is 14.2. The van der Waals surface area contributed by atoms with Crippen molar-refractivity contribution in [1.82, 2.24) is 0 Å². The second-order valence-corrected chi connectivity index (χ2v) is 5.34. The first-order valence-electron chi connectivity index (χ1n) is 7.35. The number of carboxylic acids is 1. The summed E-state index contributed by atoms with van der Waals surface area (Å²) in [5.74, 6) is -0.925. The third-order valence-corrected chi connectivity index (χ3v) is 3.69. The predicted molar refractivity (Wildman–Crippen MR) is 79.4 cm³/mol. The first-order valence-corrected chi connectivity index (χ1v) is 7.35. The molecule has 0 unspecified atom stereocenters. The van der Waals surface area contributed by atoms with Gasteiger partial charge >= 0.3 is 5.97 Å². The highest BCUT2D eigenvalue weighted by atomic mass is 16.5. The average Bonchev–Trinajstić information content (AvgIpc) is 2.72. The van der Waals surface area contributed by atoms with E-state index in [1.807, 2.05) is 24.3 Å². The van der Waals surface area contributed by atoms with Crippen molar-refractivity contribution in [2.75, 3.05) is 0 Å². The van der Waals surface area contributed by atoms with Crippen molar-refractivity contribution in [3.05, 3.63) is 41.5 Å². The van der Waals surface area contributed by atoms with Crippen LogP contribution in [0.3, 0.4) is 0 Å². The average molecular weight is 274 g/mol. The van der Waals surface area contributed by atoms with Crippen molar-refractivity contribution in [3.8, 4) is 0 Å². The summed E-state index contributed by atoms with van der Waals surface area (Å²) in [6.45, 7) is 0.646. The maximum Gasteiger partial charge on any atom is 0.328 e. The standard InChI is InChI=1S/C17H22O3/c18-17(19)12-11-14-7-9-15(10-8-14)13-20-16-5-3-1-2-4-6-16/h7-12,16H,1-6,13H2,(H,18,19). The number of carboxylic acid groups (broad SMARTS) is 1. The van der Waals surface area contributed by atoms with E-state index in [1.165, 1.54) is 38.5 Å². The molecule has 0 saturated heterocycles. The van der Waals surface area contributed by atoms with Gasteiger partial charge in [0.25, 0.3) is 0 Å². The van der Waals surface area contributed by atoms with Crippen molar-refractivity contribution in [2.45, 2.75) is 51.2 Å². The van der Waals surface area contributed by atoms with E-state index in [0.29, 0.717) is 12.7 Å². The topological polar surface area (TPSA) is 46.5 Å². The number of aliphatic carboxylic acids is 1. The van der Waals surface area contributed by atoms with Crippen LogP contribution in [0.4, 0.5) is 0 Å². The molecular weight excluding hydrogens is 252 g/mol. The summed E-state index contributed by atoms with van der Waals surface area (Å²) in [7, 11) is 0. The van der Waals surface area contributed by atoms with Crippen LogP contribution in [0.5, 0.6) is 0 Å². The van der Waals surface area contributed by atoms with Crippen LogP contribution in [-0.2, 0) is 16.1 Å². The van der Waals surface area contributed by atoms with E-state index in [4.69, 9.17) is 9.84 Å². The lowest BCUT2D eigenvalue weighted by atomic mass is 10.1. The Kier molecular flexibility index (Phi) is 5.81. The summed E-state index contributed by atoms with van der Waals surface area (Å²) < 4.78 is 5.97. The molecular formula is C17H22O3. The molecule has 1 aromatic carbocycles. The van der Waals surface area contributed by atoms with Crippen molar-refractivity contribution in [1.29, 1.82) is 0 Å². The second kappa shape index (κ2) is 7.85. The number of benzene rings is 1. The summed E-state index contributed by atoms with van der Waals surface area (Å²) in [5, 5.41) is 8.57. The van der Waals surface area contributed by atoms with Gasteiger partial charge in [0.05, 0.1) is 12.7 Å². The maximum atomic E-state index is 10.4. The Hall–Kier alpha value is -1.61. The highest BCUT2D eigenvalue weighted by molar-refractivity contribution is 5.85. The Labute approximate surface area is 120 Å². The minimum absolute atomic E-state index is 0.407. The Bertz CT molecular complexity index is 440. The number of carbonyl (C=O) groups is 1. The van der Waals surface area contributed by atoms with Crippen LogP contribution < -0.4 is 0 Å². The molecule has 20 heavy (non-hydrogen) atoms. The molecule has 0 heterocycles. The highest BCUT2D eigenvalue weighted by Crippen LogP contribution is 2.21. The summed E-state index contributed by atoms with van der Waals surface area (Å²) in [6, 6.07) is 7.84. The Morgan fingerprint density at radius 3 is 2.40 bits per heavy atom. The van der Waals surface area contributed by atoms with Gasteiger partial charge in [-0.15, -0.1) is 0 Å². The van der Waals surface area contributed by atoms with Gasteiger partial charge in [-0.05, 0) is 30.0 Å². The van der Waals surface area contributed by atoms with Gasteiger partial charge in [-0.25, -0.2) is 4.79 Å². The van der Waals surface area contributed by atoms with E-state index in [2.05, 4.69) is 0 Å². The van der Waals surface area contributed by atoms with Gasteiger partial charge in [0.2, 0.25) is 0 Å². The summed E-state index contributed by atoms with van der Waals surface area (Å²) in [4.78, 5) is 10.4. The molecule has 1 aliphatic rings. The molecule has 1 aromatic rings. The lowest BCUT2D eigenvalue weighted by Crippen LogP contribution is -2.11. The molecule has 0 aromatic heterocycles. The third kappa shape index (κ3) is 5.17. The maximum absolute atomic E-state index is 10.4. The van der Waals surface area contributed by atoms with Gasteiger partial charge in [0.15, 0.2) is 0 Å². The monoisotopic (exact) mass is 274 g/mol. The first kappa shape index (κ1) is 14.8. The van der Waals surface area contributed by atoms with E-state index in [-0.39, 0.29) is 0 Å². The van der Waals surface area contributed by atoms with Gasteiger partial charge in [-0.1, -0.05) is 49.9 Å². The van der Waals surface area contributed by atoms with E-state index in [1.54, 1.807) is 6.08 Å². The first-order chi connectivity index (χ1) is 9.74. The normalized spacial score (nSPS) is 17.2. The van der Waals surface area contributed by atoms with E-state index >= 15 is 0 Å². The number of hydrogen-bond acceptors (Lipinski definition) is 2. The van der Waals surface area contributed by atoms with Crippen LogP contribution in [0.25, 0.3) is 6.08 Å². The van der Waals surface area contributed by atoms with Gasteiger partial charge in [-0.2, -0.15) is 0 Å². The molecule has 0 bridgehead atoms. The largest absolute Gasteiger partial charge is 0.478 e. The molecule has 3 nitrogen and oxygen atoms in total. The quantitative estimate of drug-likeness (QED) is 0.651. The predicted octanol–water partition coefficient (Wildman–Crippen LogP) is 4.02. The number of rotatable bonds is 5. The second-order valence-electron chi connectivity index (χ2n) is 5.34. The summed E-state index contributed by atoms with van der Waals surface area (Å²) >= 11 is 0. The zero-order valence-corrected chi connectivity index (χ0v) is 11.8. The Morgan fingerprint density at radius 1 is 1.15 bits per heavy atom. The third-order valence-electron chi connectivity index (χ3n) is 3.69. The fourth-order valence-electron chi connectivity index (χ4n) is 2.52. The Morgan fingerprint density at radius 2 is 1.80 bits per heavy atom. The van der Waals surface area contributed by atoms with Crippen LogP contribution in [0, 0.1) is 0 Å². The molecule has 0 aliphatic heterocycles. The SMILES string of the molecule is O=C(O)C=Cc1ccc(COC2CCCCCC2)cc1. The lowest BCUT2D eigenvalue weighted by molar-refractivity contribution is -0.131. The van der Waals surface area contributed by atoms with Crippen LogP contribution in [0.2, 0.25) is 0 Å². The highest BCUT2D eigenvalue weighted by Gasteiger charge is 2.12. The number of ether oxygens (including phenoxy) is 1. The van der Waals surface area contributed by atoms with Crippen LogP contribution in [0.1, 0.15) is 49.7 Å². The van der Waals surface area contributed by atoms with E-state index < -0.39 is 5.97 Å². The number of hydrogen-bond donors (Lipinski definition) is 1.